The summed E-state index contributed by atoms with van der Waals surface area (Å²) in [6.07, 6.45) is 2.05. The van der Waals surface area contributed by atoms with Gasteiger partial charge >= 0.3 is 0 Å². The van der Waals surface area contributed by atoms with Crippen LogP contribution in [0.4, 0.5) is 0 Å². The van der Waals surface area contributed by atoms with E-state index in [9.17, 15) is 0 Å². The first kappa shape index (κ1) is 22.1. The Morgan fingerprint density at radius 2 is 1.25 bits per heavy atom. The number of hydrogen-bond donors (Lipinski definition) is 0. The molecule has 0 saturated carbocycles. The van der Waals surface area contributed by atoms with Crippen LogP contribution in [0.25, 0.3) is 22.3 Å². The van der Waals surface area contributed by atoms with Gasteiger partial charge in [-0.15, -0.1) is 0 Å². The molecule has 0 aliphatic heterocycles. The predicted molar refractivity (Wildman–Crippen MR) is 139 cm³/mol. The third-order valence-corrected chi connectivity index (χ3v) is 6.11. The summed E-state index contributed by atoms with van der Waals surface area (Å²) in [5.41, 5.74) is 10.8. The van der Waals surface area contributed by atoms with Crippen LogP contribution >= 0.6 is 0 Å². The highest BCUT2D eigenvalue weighted by atomic mass is 14.2. The van der Waals surface area contributed by atoms with E-state index in [2.05, 4.69) is 125 Å². The highest BCUT2D eigenvalue weighted by Crippen LogP contribution is 2.32. The summed E-state index contributed by atoms with van der Waals surface area (Å²) in [6.45, 7) is 9.14. The molecule has 0 heteroatoms. The Morgan fingerprint density at radius 1 is 0.562 bits per heavy atom. The lowest BCUT2D eigenvalue weighted by atomic mass is 9.88. The summed E-state index contributed by atoms with van der Waals surface area (Å²) >= 11 is 0. The van der Waals surface area contributed by atoms with Gasteiger partial charge in [0.1, 0.15) is 0 Å². The van der Waals surface area contributed by atoms with E-state index in [0.29, 0.717) is 11.8 Å². The number of benzene rings is 4. The van der Waals surface area contributed by atoms with Gasteiger partial charge in [-0.3, -0.25) is 0 Å². The van der Waals surface area contributed by atoms with Crippen LogP contribution in [0, 0.1) is 5.92 Å². The zero-order valence-electron chi connectivity index (χ0n) is 19.8. The Balaban J connectivity index is 1.70. The van der Waals surface area contributed by atoms with Crippen molar-refractivity contribution < 1.29 is 0 Å². The van der Waals surface area contributed by atoms with Gasteiger partial charge in [0.15, 0.2) is 0 Å². The average Bonchev–Trinajstić information content (AvgIpc) is 2.79. The largest absolute Gasteiger partial charge is 0.0625 e. The van der Waals surface area contributed by atoms with Crippen LogP contribution in [0.5, 0.6) is 0 Å². The minimum atomic E-state index is 0.537. The molecule has 4 aromatic rings. The molecule has 0 heterocycles. The zero-order valence-corrected chi connectivity index (χ0v) is 19.8. The smallest absolute Gasteiger partial charge is 0.00256 e. The Labute approximate surface area is 194 Å². The molecule has 0 atom stereocenters. The quantitative estimate of drug-likeness (QED) is 0.281. The predicted octanol–water partition coefficient (Wildman–Crippen LogP) is 8.93. The summed E-state index contributed by atoms with van der Waals surface area (Å²) in [4.78, 5) is 0. The van der Waals surface area contributed by atoms with E-state index in [4.69, 9.17) is 0 Å². The van der Waals surface area contributed by atoms with Crippen molar-refractivity contribution in [2.75, 3.05) is 0 Å². The fourth-order valence-electron chi connectivity index (χ4n) is 4.42. The van der Waals surface area contributed by atoms with E-state index in [1.165, 1.54) is 44.5 Å². The van der Waals surface area contributed by atoms with Crippen LogP contribution < -0.4 is 0 Å². The molecule has 0 fully saturated rings. The minimum Gasteiger partial charge on any atom is -0.0625 e. The first-order valence-electron chi connectivity index (χ1n) is 11.9. The standard InChI is InChI=1S/C32H34/c1-23(2)18-31-22-29(16-17-32(31)30-15-9-13-27(21-30)24(3)4)28-14-8-12-26(20-28)19-25-10-6-5-7-11-25/h5-17,20-24H,18-19H2,1-4H3. The Hall–Kier alpha value is -3.12. The normalized spacial score (nSPS) is 11.3. The van der Waals surface area contributed by atoms with Crippen LogP contribution in [-0.4, -0.2) is 0 Å². The molecule has 0 amide bonds. The lowest BCUT2D eigenvalue weighted by molar-refractivity contribution is 0.648. The summed E-state index contributed by atoms with van der Waals surface area (Å²) in [7, 11) is 0. The molecule has 0 unspecified atom stereocenters. The molecular weight excluding hydrogens is 384 g/mol. The second-order valence-electron chi connectivity index (χ2n) is 9.61. The summed E-state index contributed by atoms with van der Waals surface area (Å²) in [6, 6.07) is 35.8. The molecule has 0 bridgehead atoms. The van der Waals surface area contributed by atoms with Crippen molar-refractivity contribution in [3.05, 3.63) is 119 Å². The summed E-state index contributed by atoms with van der Waals surface area (Å²) < 4.78 is 0. The van der Waals surface area contributed by atoms with Gasteiger partial charge in [0, 0.05) is 0 Å². The molecule has 32 heavy (non-hydrogen) atoms. The molecule has 0 aliphatic rings. The Morgan fingerprint density at radius 3 is 2.00 bits per heavy atom. The fourth-order valence-corrected chi connectivity index (χ4v) is 4.42. The zero-order chi connectivity index (χ0) is 22.5. The fraction of sp³-hybridized carbons (Fsp3) is 0.250. The molecule has 0 aromatic heterocycles. The first-order chi connectivity index (χ1) is 15.5. The first-order valence-corrected chi connectivity index (χ1v) is 11.9. The van der Waals surface area contributed by atoms with E-state index in [0.717, 1.165) is 12.8 Å². The Bertz CT molecular complexity index is 1170. The number of hydrogen-bond acceptors (Lipinski definition) is 0. The third kappa shape index (κ3) is 5.37. The SMILES string of the molecule is CC(C)Cc1cc(-c2cccc(Cc3ccccc3)c2)ccc1-c1cccc(C(C)C)c1. The molecular formula is C32H34. The highest BCUT2D eigenvalue weighted by molar-refractivity contribution is 5.74. The van der Waals surface area contributed by atoms with Gasteiger partial charge in [0.25, 0.3) is 0 Å². The van der Waals surface area contributed by atoms with Gasteiger partial charge in [0.2, 0.25) is 0 Å². The van der Waals surface area contributed by atoms with E-state index < -0.39 is 0 Å². The van der Waals surface area contributed by atoms with Gasteiger partial charge in [0.05, 0.1) is 0 Å². The van der Waals surface area contributed by atoms with Gasteiger partial charge in [-0.1, -0.05) is 125 Å². The van der Waals surface area contributed by atoms with E-state index in [-0.39, 0.29) is 0 Å². The molecule has 0 saturated heterocycles. The molecule has 0 radical (unpaired) electrons. The van der Waals surface area contributed by atoms with Crippen LogP contribution in [0.3, 0.4) is 0 Å². The average molecular weight is 419 g/mol. The van der Waals surface area contributed by atoms with Crippen molar-refractivity contribution in [2.45, 2.75) is 46.5 Å². The van der Waals surface area contributed by atoms with Crippen molar-refractivity contribution >= 4 is 0 Å². The summed E-state index contributed by atoms with van der Waals surface area (Å²) in [5, 5.41) is 0. The lowest BCUT2D eigenvalue weighted by Gasteiger charge is -2.16. The van der Waals surface area contributed by atoms with Crippen LogP contribution in [0.1, 0.15) is 55.9 Å². The second-order valence-corrected chi connectivity index (χ2v) is 9.61. The van der Waals surface area contributed by atoms with Crippen LogP contribution in [0.2, 0.25) is 0 Å². The molecule has 4 rings (SSSR count). The van der Waals surface area contributed by atoms with Gasteiger partial charge < -0.3 is 0 Å². The van der Waals surface area contributed by atoms with Crippen LogP contribution in [0.15, 0.2) is 97.1 Å². The summed E-state index contributed by atoms with van der Waals surface area (Å²) in [5.74, 6) is 1.15. The maximum Gasteiger partial charge on any atom is -0.00256 e. The van der Waals surface area contributed by atoms with Gasteiger partial charge in [-0.25, -0.2) is 0 Å². The van der Waals surface area contributed by atoms with Gasteiger partial charge in [-0.05, 0) is 69.2 Å². The van der Waals surface area contributed by atoms with Crippen molar-refractivity contribution in [3.63, 3.8) is 0 Å². The van der Waals surface area contributed by atoms with Crippen molar-refractivity contribution in [2.24, 2.45) is 5.92 Å². The third-order valence-electron chi connectivity index (χ3n) is 6.11. The molecule has 0 spiro atoms. The molecule has 4 aromatic carbocycles. The number of rotatable bonds is 7. The Kier molecular flexibility index (Phi) is 6.90. The molecule has 162 valence electrons. The van der Waals surface area contributed by atoms with Crippen molar-refractivity contribution in [3.8, 4) is 22.3 Å². The highest BCUT2D eigenvalue weighted by Gasteiger charge is 2.11. The van der Waals surface area contributed by atoms with E-state index in [1.807, 2.05) is 0 Å². The lowest BCUT2D eigenvalue weighted by Crippen LogP contribution is -1.98. The van der Waals surface area contributed by atoms with Crippen LogP contribution in [-0.2, 0) is 12.8 Å². The molecule has 0 N–H and O–H groups in total. The monoisotopic (exact) mass is 418 g/mol. The minimum absolute atomic E-state index is 0.537. The molecule has 0 nitrogen and oxygen atoms in total. The van der Waals surface area contributed by atoms with E-state index in [1.54, 1.807) is 0 Å². The maximum atomic E-state index is 2.42. The maximum absolute atomic E-state index is 2.42. The molecule has 0 aliphatic carbocycles. The second kappa shape index (κ2) is 10.0. The van der Waals surface area contributed by atoms with E-state index >= 15 is 0 Å². The topological polar surface area (TPSA) is 0 Å². The van der Waals surface area contributed by atoms with Crippen molar-refractivity contribution in [1.82, 2.24) is 0 Å². The van der Waals surface area contributed by atoms with Crippen molar-refractivity contribution in [1.29, 1.82) is 0 Å². The van der Waals surface area contributed by atoms with Gasteiger partial charge in [-0.2, -0.15) is 0 Å².